The molecule has 5 heteroatoms. The van der Waals surface area contributed by atoms with Crippen molar-refractivity contribution in [1.29, 1.82) is 0 Å². The van der Waals surface area contributed by atoms with E-state index in [-0.39, 0.29) is 11.9 Å². The molecule has 112 valence electrons. The largest absolute Gasteiger partial charge is 0.481 e. The van der Waals surface area contributed by atoms with E-state index >= 15 is 0 Å². The molecule has 2 atom stereocenters. The summed E-state index contributed by atoms with van der Waals surface area (Å²) in [6.45, 7) is 3.94. The Morgan fingerprint density at radius 3 is 2.62 bits per heavy atom. The average molecular weight is 287 g/mol. The number of benzene rings is 1. The Balaban J connectivity index is 1.99. The van der Waals surface area contributed by atoms with Crippen molar-refractivity contribution in [1.82, 2.24) is 15.3 Å². The second kappa shape index (κ2) is 7.47. The van der Waals surface area contributed by atoms with Crippen molar-refractivity contribution in [2.24, 2.45) is 0 Å². The molecule has 0 aliphatic carbocycles. The lowest BCUT2D eigenvalue weighted by Gasteiger charge is -2.21. The summed E-state index contributed by atoms with van der Waals surface area (Å²) in [5, 5.41) is 2.98. The number of para-hydroxylation sites is 1. The maximum atomic E-state index is 12.4. The molecule has 1 aromatic carbocycles. The fraction of sp³-hybridized carbons (Fsp3) is 0.375. The van der Waals surface area contributed by atoms with Crippen molar-refractivity contribution in [2.75, 3.05) is 0 Å². The Morgan fingerprint density at radius 1 is 1.29 bits per heavy atom. The molecule has 2 rings (SSSR count). The zero-order valence-corrected chi connectivity index (χ0v) is 12.4. The SMILES string of the molecule is CCC(Oc1ccccc1)C(=O)NC(CC)c1ncc[nH]1. The maximum Gasteiger partial charge on any atom is 0.261 e. The van der Waals surface area contributed by atoms with Gasteiger partial charge in [0.2, 0.25) is 0 Å². The normalized spacial score (nSPS) is 13.4. The number of imidazole rings is 1. The van der Waals surface area contributed by atoms with Crippen LogP contribution in [0, 0.1) is 0 Å². The number of nitrogens with one attached hydrogen (secondary N) is 2. The molecule has 0 aliphatic heterocycles. The van der Waals surface area contributed by atoms with E-state index in [2.05, 4.69) is 15.3 Å². The van der Waals surface area contributed by atoms with E-state index in [1.807, 2.05) is 44.2 Å². The molecule has 0 bridgehead atoms. The van der Waals surface area contributed by atoms with Gasteiger partial charge in [-0.1, -0.05) is 32.0 Å². The number of hydrogen-bond donors (Lipinski definition) is 2. The highest BCUT2D eigenvalue weighted by molar-refractivity contribution is 5.81. The fourth-order valence-electron chi connectivity index (χ4n) is 2.08. The predicted molar refractivity (Wildman–Crippen MR) is 80.9 cm³/mol. The zero-order chi connectivity index (χ0) is 15.1. The summed E-state index contributed by atoms with van der Waals surface area (Å²) in [4.78, 5) is 19.6. The van der Waals surface area contributed by atoms with Crippen LogP contribution in [-0.4, -0.2) is 22.0 Å². The molecule has 1 amide bonds. The molecule has 0 saturated heterocycles. The third-order valence-corrected chi connectivity index (χ3v) is 3.26. The number of carbonyl (C=O) groups is 1. The Bertz CT molecular complexity index is 540. The number of carbonyl (C=O) groups excluding carboxylic acids is 1. The van der Waals surface area contributed by atoms with Crippen LogP contribution in [0.2, 0.25) is 0 Å². The van der Waals surface area contributed by atoms with Gasteiger partial charge in [-0.2, -0.15) is 0 Å². The van der Waals surface area contributed by atoms with Crippen molar-refractivity contribution < 1.29 is 9.53 Å². The van der Waals surface area contributed by atoms with Crippen molar-refractivity contribution in [3.8, 4) is 5.75 Å². The van der Waals surface area contributed by atoms with Gasteiger partial charge in [0.1, 0.15) is 11.6 Å². The highest BCUT2D eigenvalue weighted by Crippen LogP contribution is 2.15. The topological polar surface area (TPSA) is 67.0 Å². The first-order chi connectivity index (χ1) is 10.2. The Morgan fingerprint density at radius 2 is 2.05 bits per heavy atom. The first-order valence-corrected chi connectivity index (χ1v) is 7.26. The van der Waals surface area contributed by atoms with Crippen LogP contribution in [0.3, 0.4) is 0 Å². The van der Waals surface area contributed by atoms with E-state index in [0.29, 0.717) is 12.2 Å². The predicted octanol–water partition coefficient (Wildman–Crippen LogP) is 2.83. The minimum atomic E-state index is -0.503. The van der Waals surface area contributed by atoms with Crippen LogP contribution in [0.1, 0.15) is 38.6 Å². The molecule has 1 aromatic heterocycles. The van der Waals surface area contributed by atoms with Gasteiger partial charge in [0.15, 0.2) is 6.10 Å². The molecule has 0 radical (unpaired) electrons. The van der Waals surface area contributed by atoms with Crippen LogP contribution >= 0.6 is 0 Å². The molecule has 0 fully saturated rings. The van der Waals surface area contributed by atoms with Crippen LogP contribution in [0.4, 0.5) is 0 Å². The van der Waals surface area contributed by atoms with Gasteiger partial charge in [-0.15, -0.1) is 0 Å². The molecule has 0 aliphatic rings. The summed E-state index contributed by atoms with van der Waals surface area (Å²) < 4.78 is 5.75. The number of amides is 1. The van der Waals surface area contributed by atoms with Crippen LogP contribution in [0.15, 0.2) is 42.7 Å². The number of H-pyrrole nitrogens is 1. The average Bonchev–Trinajstić information content (AvgIpc) is 3.05. The van der Waals surface area contributed by atoms with Gasteiger partial charge in [0.05, 0.1) is 6.04 Å². The van der Waals surface area contributed by atoms with E-state index < -0.39 is 6.10 Å². The molecular formula is C16H21N3O2. The quantitative estimate of drug-likeness (QED) is 0.823. The zero-order valence-electron chi connectivity index (χ0n) is 12.4. The second-order valence-electron chi connectivity index (χ2n) is 4.77. The molecule has 0 spiro atoms. The van der Waals surface area contributed by atoms with Crippen molar-refractivity contribution in [3.05, 3.63) is 48.5 Å². The number of nitrogens with zero attached hydrogens (tertiary/aromatic N) is 1. The first-order valence-electron chi connectivity index (χ1n) is 7.26. The molecular weight excluding hydrogens is 266 g/mol. The lowest BCUT2D eigenvalue weighted by Crippen LogP contribution is -2.40. The summed E-state index contributed by atoms with van der Waals surface area (Å²) in [6.07, 6.45) is 4.30. The van der Waals surface area contributed by atoms with Crippen LogP contribution in [0.5, 0.6) is 5.75 Å². The summed E-state index contributed by atoms with van der Waals surface area (Å²) in [5.74, 6) is 1.34. The lowest BCUT2D eigenvalue weighted by atomic mass is 10.2. The third kappa shape index (κ3) is 4.08. The molecule has 0 saturated carbocycles. The molecule has 21 heavy (non-hydrogen) atoms. The number of aromatic amines is 1. The van der Waals surface area contributed by atoms with Gasteiger partial charge in [0.25, 0.3) is 5.91 Å². The second-order valence-corrected chi connectivity index (χ2v) is 4.77. The third-order valence-electron chi connectivity index (χ3n) is 3.26. The Hall–Kier alpha value is -2.30. The van der Waals surface area contributed by atoms with Crippen molar-refractivity contribution >= 4 is 5.91 Å². The van der Waals surface area contributed by atoms with Crippen molar-refractivity contribution in [2.45, 2.75) is 38.8 Å². The van der Waals surface area contributed by atoms with Crippen LogP contribution in [-0.2, 0) is 4.79 Å². The van der Waals surface area contributed by atoms with Gasteiger partial charge in [-0.05, 0) is 25.0 Å². The minimum absolute atomic E-state index is 0.121. The molecule has 2 aromatic rings. The number of hydrogen-bond acceptors (Lipinski definition) is 3. The molecule has 1 heterocycles. The number of ether oxygens (including phenoxy) is 1. The minimum Gasteiger partial charge on any atom is -0.481 e. The summed E-state index contributed by atoms with van der Waals surface area (Å²) >= 11 is 0. The van der Waals surface area contributed by atoms with Gasteiger partial charge < -0.3 is 15.0 Å². The van der Waals surface area contributed by atoms with Gasteiger partial charge in [-0.3, -0.25) is 4.79 Å². The van der Waals surface area contributed by atoms with Gasteiger partial charge in [0, 0.05) is 12.4 Å². The van der Waals surface area contributed by atoms with E-state index in [1.165, 1.54) is 0 Å². The molecule has 2 unspecified atom stereocenters. The fourth-order valence-corrected chi connectivity index (χ4v) is 2.08. The molecule has 5 nitrogen and oxygen atoms in total. The molecule has 2 N–H and O–H groups in total. The van der Waals surface area contributed by atoms with E-state index in [4.69, 9.17) is 4.74 Å². The summed E-state index contributed by atoms with van der Waals surface area (Å²) in [5.41, 5.74) is 0. The van der Waals surface area contributed by atoms with Crippen LogP contribution < -0.4 is 10.1 Å². The highest BCUT2D eigenvalue weighted by atomic mass is 16.5. The van der Waals surface area contributed by atoms with E-state index in [1.54, 1.807) is 12.4 Å². The Kier molecular flexibility index (Phi) is 5.37. The van der Waals surface area contributed by atoms with Crippen LogP contribution in [0.25, 0.3) is 0 Å². The Labute approximate surface area is 124 Å². The summed E-state index contributed by atoms with van der Waals surface area (Å²) in [6, 6.07) is 9.26. The standard InChI is InChI=1S/C16H21N3O2/c1-3-13(15-17-10-11-18-15)19-16(20)14(4-2)21-12-8-6-5-7-9-12/h5-11,13-14H,3-4H2,1-2H3,(H,17,18)(H,19,20). The first kappa shape index (κ1) is 15.1. The lowest BCUT2D eigenvalue weighted by molar-refractivity contribution is -0.129. The number of aromatic nitrogens is 2. The van der Waals surface area contributed by atoms with Gasteiger partial charge >= 0.3 is 0 Å². The highest BCUT2D eigenvalue weighted by Gasteiger charge is 2.22. The van der Waals surface area contributed by atoms with E-state index in [0.717, 1.165) is 12.2 Å². The van der Waals surface area contributed by atoms with Gasteiger partial charge in [-0.25, -0.2) is 4.98 Å². The smallest absolute Gasteiger partial charge is 0.261 e. The monoisotopic (exact) mass is 287 g/mol. The van der Waals surface area contributed by atoms with E-state index in [9.17, 15) is 4.79 Å². The summed E-state index contributed by atoms with van der Waals surface area (Å²) in [7, 11) is 0. The van der Waals surface area contributed by atoms with Crippen molar-refractivity contribution in [3.63, 3.8) is 0 Å². The number of rotatable bonds is 7. The maximum absolute atomic E-state index is 12.4.